The van der Waals surface area contributed by atoms with Crippen molar-refractivity contribution in [1.29, 1.82) is 0 Å². The maximum Gasteiger partial charge on any atom is 0.270 e. The van der Waals surface area contributed by atoms with Crippen LogP contribution in [0.1, 0.15) is 36.0 Å². The van der Waals surface area contributed by atoms with Crippen molar-refractivity contribution in [3.05, 3.63) is 112 Å². The van der Waals surface area contributed by atoms with Gasteiger partial charge < -0.3 is 14.6 Å². The first-order valence-electron chi connectivity index (χ1n) is 11.0. The van der Waals surface area contributed by atoms with Crippen LogP contribution in [0.3, 0.4) is 0 Å². The highest BCUT2D eigenvalue weighted by atomic mass is 32.1. The number of nitro benzene ring substituents is 1. The fourth-order valence-electron chi connectivity index (χ4n) is 4.25. The molecule has 0 spiro atoms. The van der Waals surface area contributed by atoms with Gasteiger partial charge in [-0.2, -0.15) is 0 Å². The van der Waals surface area contributed by atoms with Crippen LogP contribution in [0.5, 0.6) is 0 Å². The van der Waals surface area contributed by atoms with Gasteiger partial charge in [0.25, 0.3) is 5.69 Å². The Kier molecular flexibility index (Phi) is 5.81. The van der Waals surface area contributed by atoms with Gasteiger partial charge in [-0.05, 0) is 60.6 Å². The molecule has 2 atom stereocenters. The van der Waals surface area contributed by atoms with E-state index in [9.17, 15) is 10.1 Å². The Morgan fingerprint density at radius 1 is 1.09 bits per heavy atom. The smallest absolute Gasteiger partial charge is 0.270 e. The average Bonchev–Trinajstić information content (AvgIpc) is 3.49. The minimum atomic E-state index is -0.411. The second-order valence-electron chi connectivity index (χ2n) is 8.03. The zero-order valence-electron chi connectivity index (χ0n) is 18.4. The van der Waals surface area contributed by atoms with E-state index in [2.05, 4.69) is 41.5 Å². The Morgan fingerprint density at radius 3 is 2.62 bits per heavy atom. The summed E-state index contributed by atoms with van der Waals surface area (Å²) < 4.78 is 6.29. The SMILES string of the molecule is CCc1ccc(N2C(=S)N[C@H](c3ccccn3)[C@@H]2c2ccc(-c3cccc([N+](=O)[O-])c3)o2)cc1. The van der Waals surface area contributed by atoms with Crippen LogP contribution in [0.2, 0.25) is 0 Å². The molecule has 1 saturated heterocycles. The standard InChI is InChI=1S/C26H22N4O3S/c1-2-17-9-11-19(12-10-17)29-25(24(28-26(29)34)21-8-3-4-15-27-21)23-14-13-22(33-23)18-6-5-7-20(16-18)30(31)32/h3-16,24-25H,2H2,1H3,(H,28,34)/t24-,25+/m1/s1. The first-order chi connectivity index (χ1) is 16.5. The Balaban J connectivity index is 1.58. The number of furan rings is 1. The monoisotopic (exact) mass is 470 g/mol. The number of hydrogen-bond acceptors (Lipinski definition) is 5. The molecule has 0 bridgehead atoms. The fraction of sp³-hybridized carbons (Fsp3) is 0.154. The van der Waals surface area contributed by atoms with Crippen LogP contribution >= 0.6 is 12.2 Å². The lowest BCUT2D eigenvalue weighted by Crippen LogP contribution is -2.29. The number of aryl methyl sites for hydroxylation is 1. The fourth-order valence-corrected chi connectivity index (χ4v) is 4.60. The normalized spacial score (nSPS) is 17.6. The van der Waals surface area contributed by atoms with Gasteiger partial charge in [0.15, 0.2) is 5.11 Å². The van der Waals surface area contributed by atoms with Crippen LogP contribution < -0.4 is 10.2 Å². The van der Waals surface area contributed by atoms with Crippen LogP contribution in [0.15, 0.2) is 89.5 Å². The van der Waals surface area contributed by atoms with E-state index in [0.29, 0.717) is 22.2 Å². The average molecular weight is 471 g/mol. The van der Waals surface area contributed by atoms with Crippen molar-refractivity contribution in [2.75, 3.05) is 4.90 Å². The molecule has 0 aliphatic carbocycles. The van der Waals surface area contributed by atoms with Gasteiger partial charge >= 0.3 is 0 Å². The second kappa shape index (κ2) is 9.07. The van der Waals surface area contributed by atoms with Crippen molar-refractivity contribution in [2.24, 2.45) is 0 Å². The Labute approximate surface area is 202 Å². The molecule has 1 aliphatic heterocycles. The number of nitro groups is 1. The molecule has 2 aromatic heterocycles. The highest BCUT2D eigenvalue weighted by Crippen LogP contribution is 2.43. The van der Waals surface area contributed by atoms with Crippen LogP contribution in [-0.2, 0) is 6.42 Å². The lowest BCUT2D eigenvalue weighted by molar-refractivity contribution is -0.384. The minimum Gasteiger partial charge on any atom is -0.459 e. The summed E-state index contributed by atoms with van der Waals surface area (Å²) in [4.78, 5) is 17.4. The van der Waals surface area contributed by atoms with E-state index < -0.39 is 4.92 Å². The molecule has 3 heterocycles. The van der Waals surface area contributed by atoms with Crippen LogP contribution in [0, 0.1) is 10.1 Å². The molecule has 1 aliphatic rings. The molecule has 170 valence electrons. The number of non-ortho nitro benzene ring substituents is 1. The minimum absolute atomic E-state index is 0.0168. The van der Waals surface area contributed by atoms with Crippen LogP contribution in [0.25, 0.3) is 11.3 Å². The van der Waals surface area contributed by atoms with Crippen molar-refractivity contribution in [2.45, 2.75) is 25.4 Å². The van der Waals surface area contributed by atoms with Crippen molar-refractivity contribution in [3.63, 3.8) is 0 Å². The third-order valence-electron chi connectivity index (χ3n) is 5.98. The summed E-state index contributed by atoms with van der Waals surface area (Å²) in [5, 5.41) is 15.2. The van der Waals surface area contributed by atoms with Gasteiger partial charge in [0.05, 0.1) is 16.7 Å². The van der Waals surface area contributed by atoms with E-state index in [-0.39, 0.29) is 17.8 Å². The van der Waals surface area contributed by atoms with Gasteiger partial charge in [-0.25, -0.2) is 0 Å². The van der Waals surface area contributed by atoms with Crippen molar-refractivity contribution >= 4 is 28.7 Å². The summed E-state index contributed by atoms with van der Waals surface area (Å²) in [5.74, 6) is 1.24. The number of benzene rings is 2. The van der Waals surface area contributed by atoms with E-state index in [0.717, 1.165) is 17.8 Å². The molecule has 0 saturated carbocycles. The van der Waals surface area contributed by atoms with E-state index in [4.69, 9.17) is 16.6 Å². The molecule has 1 N–H and O–H groups in total. The summed E-state index contributed by atoms with van der Waals surface area (Å²) in [6, 6.07) is 23.7. The number of hydrogen-bond donors (Lipinski definition) is 1. The topological polar surface area (TPSA) is 84.4 Å². The molecule has 1 fully saturated rings. The van der Waals surface area contributed by atoms with Gasteiger partial charge in [0.1, 0.15) is 17.6 Å². The molecule has 34 heavy (non-hydrogen) atoms. The maximum atomic E-state index is 11.2. The number of anilines is 1. The van der Waals surface area contributed by atoms with Gasteiger partial charge in [-0.15, -0.1) is 0 Å². The molecule has 4 aromatic rings. The number of thiocarbonyl (C=S) groups is 1. The highest BCUT2D eigenvalue weighted by Gasteiger charge is 2.42. The number of nitrogens with one attached hydrogen (secondary N) is 1. The van der Waals surface area contributed by atoms with Gasteiger partial charge in [-0.3, -0.25) is 15.1 Å². The maximum absolute atomic E-state index is 11.2. The number of aromatic nitrogens is 1. The van der Waals surface area contributed by atoms with Crippen LogP contribution in [-0.4, -0.2) is 15.0 Å². The predicted octanol–water partition coefficient (Wildman–Crippen LogP) is 5.99. The molecule has 0 unspecified atom stereocenters. The summed E-state index contributed by atoms with van der Waals surface area (Å²) in [5.41, 5.74) is 3.69. The van der Waals surface area contributed by atoms with Crippen LogP contribution in [0.4, 0.5) is 11.4 Å². The summed E-state index contributed by atoms with van der Waals surface area (Å²) in [6.45, 7) is 2.12. The van der Waals surface area contributed by atoms with E-state index in [1.54, 1.807) is 18.3 Å². The zero-order chi connectivity index (χ0) is 23.7. The molecular weight excluding hydrogens is 448 g/mol. The highest BCUT2D eigenvalue weighted by molar-refractivity contribution is 7.80. The Bertz CT molecular complexity index is 1340. The molecule has 2 aromatic carbocycles. The van der Waals surface area contributed by atoms with Crippen molar-refractivity contribution < 1.29 is 9.34 Å². The summed E-state index contributed by atoms with van der Waals surface area (Å²) in [7, 11) is 0. The van der Waals surface area contributed by atoms with Gasteiger partial charge in [-0.1, -0.05) is 37.3 Å². The van der Waals surface area contributed by atoms with E-state index in [1.807, 2.05) is 35.2 Å². The summed E-state index contributed by atoms with van der Waals surface area (Å²) >= 11 is 5.75. The number of pyridine rings is 1. The lowest BCUT2D eigenvalue weighted by Gasteiger charge is -2.26. The third-order valence-corrected chi connectivity index (χ3v) is 6.30. The lowest BCUT2D eigenvalue weighted by atomic mass is 10.0. The Morgan fingerprint density at radius 2 is 1.91 bits per heavy atom. The summed E-state index contributed by atoms with van der Waals surface area (Å²) in [6.07, 6.45) is 2.71. The second-order valence-corrected chi connectivity index (χ2v) is 8.41. The molecule has 8 heteroatoms. The molecule has 0 amide bonds. The largest absolute Gasteiger partial charge is 0.459 e. The zero-order valence-corrected chi connectivity index (χ0v) is 19.2. The molecular formula is C26H22N4O3S. The first kappa shape index (κ1) is 21.8. The van der Waals surface area contributed by atoms with E-state index >= 15 is 0 Å². The van der Waals surface area contributed by atoms with Gasteiger partial charge in [0, 0.05) is 29.6 Å². The molecule has 0 radical (unpaired) electrons. The van der Waals surface area contributed by atoms with Crippen molar-refractivity contribution in [3.8, 4) is 11.3 Å². The number of rotatable bonds is 6. The first-order valence-corrected chi connectivity index (χ1v) is 11.4. The van der Waals surface area contributed by atoms with E-state index in [1.165, 1.54) is 17.7 Å². The third kappa shape index (κ3) is 4.04. The predicted molar refractivity (Wildman–Crippen MR) is 135 cm³/mol. The van der Waals surface area contributed by atoms with Gasteiger partial charge in [0.2, 0.25) is 0 Å². The van der Waals surface area contributed by atoms with Crippen molar-refractivity contribution in [1.82, 2.24) is 10.3 Å². The molecule has 5 rings (SSSR count). The Hall–Kier alpha value is -4.04. The molecule has 7 nitrogen and oxygen atoms in total. The quantitative estimate of drug-likeness (QED) is 0.210. The number of nitrogens with zero attached hydrogens (tertiary/aromatic N) is 3.